The van der Waals surface area contributed by atoms with Gasteiger partial charge in [-0.05, 0) is 24.6 Å². The third-order valence-electron chi connectivity index (χ3n) is 4.89. The highest BCUT2D eigenvalue weighted by atomic mass is 32.1. The topological polar surface area (TPSA) is 33.1 Å². The summed E-state index contributed by atoms with van der Waals surface area (Å²) in [5.74, 6) is 0. The molecule has 1 N–H and O–H groups in total. The number of aliphatic hydroxyl groups is 1. The van der Waals surface area contributed by atoms with Crippen LogP contribution in [-0.4, -0.2) is 10.1 Å². The number of hydrogen-bond acceptors (Lipinski definition) is 2. The second-order valence-corrected chi connectivity index (χ2v) is 7.28. The smallest absolute Gasteiger partial charge is 0.388 e. The summed E-state index contributed by atoms with van der Waals surface area (Å²) in [5.41, 5.74) is -2.39. The first kappa shape index (κ1) is 27.3. The highest BCUT2D eigenvalue weighted by molar-refractivity contribution is 7.59. The summed E-state index contributed by atoms with van der Waals surface area (Å²) in [6.07, 6.45) is -4.78. The van der Waals surface area contributed by atoms with Gasteiger partial charge in [0.15, 0.2) is 5.69 Å². The molecule has 0 amide bonds. The fraction of sp³-hybridized carbons (Fsp3) is 0.500. The Morgan fingerprint density at radius 2 is 1.39 bits per heavy atom. The monoisotopic (exact) mass is 467 g/mol. The Bertz CT molecular complexity index is 805. The molecule has 0 saturated heterocycles. The Hall–Kier alpha value is -1.74. The first-order valence-electron chi connectivity index (χ1n) is 9.98. The number of aromatic nitrogens is 1. The van der Waals surface area contributed by atoms with E-state index in [0.717, 1.165) is 62.4 Å². The summed E-state index contributed by atoms with van der Waals surface area (Å²) >= 11 is 0. The lowest BCUT2D eigenvalue weighted by molar-refractivity contribution is -0.142. The van der Waals surface area contributed by atoms with Crippen molar-refractivity contribution in [3.63, 3.8) is 0 Å². The quantitative estimate of drug-likeness (QED) is 0.303. The number of unbranched alkanes of at least 4 members (excludes halogenated alkanes) is 5. The Balaban J connectivity index is 0.00000480. The van der Waals surface area contributed by atoms with E-state index >= 15 is 0 Å². The van der Waals surface area contributed by atoms with Gasteiger partial charge in [-0.25, -0.2) is 4.98 Å². The van der Waals surface area contributed by atoms with Crippen LogP contribution in [-0.2, 0) is 12.4 Å². The Labute approximate surface area is 185 Å². The van der Waals surface area contributed by atoms with E-state index in [2.05, 4.69) is 11.9 Å². The van der Waals surface area contributed by atoms with E-state index in [1.165, 1.54) is 6.07 Å². The highest BCUT2D eigenvalue weighted by Crippen LogP contribution is 2.37. The summed E-state index contributed by atoms with van der Waals surface area (Å²) < 4.78 is 78.6. The second kappa shape index (κ2) is 11.8. The normalized spacial score (nSPS) is 13.0. The van der Waals surface area contributed by atoms with Crippen LogP contribution in [0, 0.1) is 0 Å². The minimum atomic E-state index is -4.79. The van der Waals surface area contributed by atoms with Gasteiger partial charge in [0.05, 0.1) is 17.4 Å². The third-order valence-corrected chi connectivity index (χ3v) is 4.89. The number of benzene rings is 1. The van der Waals surface area contributed by atoms with Gasteiger partial charge in [0.1, 0.15) is 0 Å². The Morgan fingerprint density at radius 1 is 0.806 bits per heavy atom. The maximum Gasteiger partial charge on any atom is 0.433 e. The molecular formula is C22H27F6NOS. The van der Waals surface area contributed by atoms with Crippen LogP contribution in [0.4, 0.5) is 26.3 Å². The lowest BCUT2D eigenvalue weighted by atomic mass is 9.99. The van der Waals surface area contributed by atoms with Gasteiger partial charge in [0.25, 0.3) is 0 Å². The fourth-order valence-electron chi connectivity index (χ4n) is 3.23. The number of pyridine rings is 1. The van der Waals surface area contributed by atoms with Gasteiger partial charge in [0.2, 0.25) is 0 Å². The van der Waals surface area contributed by atoms with E-state index in [1.54, 1.807) is 0 Å². The lowest BCUT2D eigenvalue weighted by Crippen LogP contribution is -2.15. The van der Waals surface area contributed by atoms with E-state index < -0.39 is 29.7 Å². The summed E-state index contributed by atoms with van der Waals surface area (Å²) in [6.45, 7) is 2.09. The van der Waals surface area contributed by atoms with E-state index in [0.29, 0.717) is 6.42 Å². The third kappa shape index (κ3) is 8.03. The summed E-state index contributed by atoms with van der Waals surface area (Å²) in [6, 6.07) is 6.20. The summed E-state index contributed by atoms with van der Waals surface area (Å²) in [7, 11) is 0. The van der Waals surface area contributed by atoms with Crippen LogP contribution in [0.5, 0.6) is 0 Å². The maximum atomic E-state index is 13.5. The molecule has 31 heavy (non-hydrogen) atoms. The van der Waals surface area contributed by atoms with Crippen molar-refractivity contribution in [2.24, 2.45) is 0 Å². The molecule has 1 aromatic carbocycles. The van der Waals surface area contributed by atoms with Crippen LogP contribution in [0.3, 0.4) is 0 Å². The zero-order valence-electron chi connectivity index (χ0n) is 17.2. The van der Waals surface area contributed by atoms with Crippen LogP contribution >= 0.6 is 13.5 Å². The molecule has 1 aromatic heterocycles. The molecule has 174 valence electrons. The van der Waals surface area contributed by atoms with Crippen molar-refractivity contribution < 1.29 is 31.4 Å². The molecule has 2 aromatic rings. The van der Waals surface area contributed by atoms with Crippen molar-refractivity contribution in [1.29, 1.82) is 0 Å². The molecule has 0 aliphatic rings. The maximum absolute atomic E-state index is 13.5. The number of rotatable bonds is 9. The van der Waals surface area contributed by atoms with Gasteiger partial charge in [-0.15, -0.1) is 0 Å². The minimum absolute atomic E-state index is 0. The Morgan fingerprint density at radius 3 is 1.94 bits per heavy atom. The average molecular weight is 468 g/mol. The van der Waals surface area contributed by atoms with Gasteiger partial charge in [-0.1, -0.05) is 63.6 Å². The fourth-order valence-corrected chi connectivity index (χ4v) is 3.23. The molecule has 0 spiro atoms. The molecule has 2 nitrogen and oxygen atoms in total. The van der Waals surface area contributed by atoms with E-state index in [1.807, 2.05) is 0 Å². The van der Waals surface area contributed by atoms with Crippen LogP contribution < -0.4 is 0 Å². The SMILES string of the molecule is CCCCCCCC[C@@H](O)c1ccc(-c2ccc(C(F)(F)F)cc2)nc1C(F)(F)F.S. The predicted octanol–water partition coefficient (Wildman–Crippen LogP) is 7.68. The predicted molar refractivity (Wildman–Crippen MR) is 113 cm³/mol. The van der Waals surface area contributed by atoms with Crippen LogP contribution in [0.25, 0.3) is 11.3 Å². The van der Waals surface area contributed by atoms with Gasteiger partial charge < -0.3 is 5.11 Å². The van der Waals surface area contributed by atoms with Crippen LogP contribution in [0.15, 0.2) is 36.4 Å². The number of hydrogen-bond donors (Lipinski definition) is 1. The molecule has 0 saturated carbocycles. The molecular weight excluding hydrogens is 440 g/mol. The molecule has 0 bridgehead atoms. The number of nitrogens with zero attached hydrogens (tertiary/aromatic N) is 1. The van der Waals surface area contributed by atoms with Crippen molar-refractivity contribution in [3.05, 3.63) is 53.2 Å². The van der Waals surface area contributed by atoms with Gasteiger partial charge in [0, 0.05) is 11.1 Å². The zero-order valence-corrected chi connectivity index (χ0v) is 18.2. The molecule has 0 fully saturated rings. The zero-order chi connectivity index (χ0) is 22.4. The standard InChI is InChI=1S/C22H25F6NO.H2S/c1-2-3-4-5-6-7-8-19(30)17-13-14-18(29-20(17)22(26,27)28)15-9-11-16(12-10-15)21(23,24)25;/h9-14,19,30H,2-8H2,1H3;1H2/t19-;/m1./s1. The second-order valence-electron chi connectivity index (χ2n) is 7.28. The highest BCUT2D eigenvalue weighted by Gasteiger charge is 2.37. The largest absolute Gasteiger partial charge is 0.433 e. The molecule has 9 heteroatoms. The van der Waals surface area contributed by atoms with Crippen molar-refractivity contribution in [1.82, 2.24) is 4.98 Å². The molecule has 0 unspecified atom stereocenters. The number of aliphatic hydroxyl groups excluding tert-OH is 1. The van der Waals surface area contributed by atoms with E-state index in [4.69, 9.17) is 0 Å². The molecule has 1 atom stereocenters. The number of alkyl halides is 6. The van der Waals surface area contributed by atoms with Crippen molar-refractivity contribution in [2.45, 2.75) is 70.3 Å². The van der Waals surface area contributed by atoms with Gasteiger partial charge >= 0.3 is 12.4 Å². The van der Waals surface area contributed by atoms with E-state index in [9.17, 15) is 31.4 Å². The summed E-state index contributed by atoms with van der Waals surface area (Å²) in [5, 5.41) is 10.3. The van der Waals surface area contributed by atoms with Crippen molar-refractivity contribution in [2.75, 3.05) is 0 Å². The summed E-state index contributed by atoms with van der Waals surface area (Å²) in [4.78, 5) is 3.63. The molecule has 2 rings (SSSR count). The minimum Gasteiger partial charge on any atom is -0.388 e. The van der Waals surface area contributed by atoms with Gasteiger partial charge in [-0.2, -0.15) is 39.8 Å². The molecule has 0 radical (unpaired) electrons. The molecule has 0 aliphatic heterocycles. The van der Waals surface area contributed by atoms with E-state index in [-0.39, 0.29) is 36.7 Å². The Kier molecular flexibility index (Phi) is 10.4. The average Bonchev–Trinajstić information content (AvgIpc) is 2.69. The van der Waals surface area contributed by atoms with Crippen molar-refractivity contribution >= 4 is 13.5 Å². The number of halogens is 6. The van der Waals surface area contributed by atoms with Crippen LogP contribution in [0.2, 0.25) is 0 Å². The van der Waals surface area contributed by atoms with Crippen molar-refractivity contribution in [3.8, 4) is 11.3 Å². The van der Waals surface area contributed by atoms with Gasteiger partial charge in [-0.3, -0.25) is 0 Å². The molecule has 0 aliphatic carbocycles. The first-order valence-corrected chi connectivity index (χ1v) is 9.98. The van der Waals surface area contributed by atoms with Crippen LogP contribution in [0.1, 0.15) is 74.8 Å². The lowest BCUT2D eigenvalue weighted by Gasteiger charge is -2.18. The first-order chi connectivity index (χ1) is 14.0. The molecule has 1 heterocycles.